The molecule has 0 fully saturated rings. The van der Waals surface area contributed by atoms with Gasteiger partial charge in [0.05, 0.1) is 23.2 Å². The summed E-state index contributed by atoms with van der Waals surface area (Å²) < 4.78 is 6.81. The van der Waals surface area contributed by atoms with E-state index in [1.165, 1.54) is 6.33 Å². The van der Waals surface area contributed by atoms with Crippen LogP contribution in [0.3, 0.4) is 0 Å². The van der Waals surface area contributed by atoms with E-state index in [2.05, 4.69) is 20.3 Å². The Morgan fingerprint density at radius 3 is 2.68 bits per heavy atom. The second-order valence-corrected chi connectivity index (χ2v) is 5.99. The summed E-state index contributed by atoms with van der Waals surface area (Å²) in [5.74, 6) is 0.644. The molecular formula is C20H18N6O2. The smallest absolute Gasteiger partial charge is 0.338 e. The lowest BCUT2D eigenvalue weighted by Gasteiger charge is -2.12. The fraction of sp³-hybridized carbons (Fsp3) is 0.100. The van der Waals surface area contributed by atoms with Gasteiger partial charge in [-0.15, -0.1) is 0 Å². The summed E-state index contributed by atoms with van der Waals surface area (Å²) in [7, 11) is 0. The van der Waals surface area contributed by atoms with Crippen LogP contribution in [-0.4, -0.2) is 32.1 Å². The van der Waals surface area contributed by atoms with Crippen LogP contribution in [0.25, 0.3) is 16.9 Å². The van der Waals surface area contributed by atoms with E-state index in [0.29, 0.717) is 29.5 Å². The number of anilines is 3. The van der Waals surface area contributed by atoms with Gasteiger partial charge in [-0.1, -0.05) is 12.1 Å². The Morgan fingerprint density at radius 1 is 1.11 bits per heavy atom. The molecular weight excluding hydrogens is 356 g/mol. The maximum absolute atomic E-state index is 11.8. The number of nitrogens with zero attached hydrogens (tertiary/aromatic N) is 4. The molecule has 0 radical (unpaired) electrons. The number of para-hydroxylation sites is 2. The number of nitrogen functional groups attached to an aromatic ring is 1. The van der Waals surface area contributed by atoms with Crippen LogP contribution in [0.15, 0.2) is 61.2 Å². The van der Waals surface area contributed by atoms with Crippen LogP contribution in [0.4, 0.5) is 17.2 Å². The third kappa shape index (κ3) is 3.23. The minimum absolute atomic E-state index is 0.335. The molecule has 0 aliphatic rings. The van der Waals surface area contributed by atoms with E-state index in [0.717, 1.165) is 16.7 Å². The normalized spacial score (nSPS) is 10.8. The molecule has 8 nitrogen and oxygen atoms in total. The van der Waals surface area contributed by atoms with Crippen LogP contribution in [0.2, 0.25) is 0 Å². The largest absolute Gasteiger partial charge is 0.462 e. The van der Waals surface area contributed by atoms with Crippen molar-refractivity contribution >= 4 is 34.2 Å². The first-order chi connectivity index (χ1) is 13.7. The molecule has 0 atom stereocenters. The second-order valence-electron chi connectivity index (χ2n) is 5.99. The first-order valence-corrected chi connectivity index (χ1v) is 8.74. The van der Waals surface area contributed by atoms with Gasteiger partial charge < -0.3 is 15.8 Å². The minimum atomic E-state index is -0.357. The number of benzene rings is 2. The number of imidazole rings is 1. The van der Waals surface area contributed by atoms with Crippen molar-refractivity contribution in [1.82, 2.24) is 19.5 Å². The number of fused-ring (bicyclic) bond motifs is 1. The van der Waals surface area contributed by atoms with Gasteiger partial charge in [-0.2, -0.15) is 0 Å². The van der Waals surface area contributed by atoms with E-state index >= 15 is 0 Å². The molecule has 2 aromatic heterocycles. The molecule has 140 valence electrons. The number of hydrogen-bond acceptors (Lipinski definition) is 7. The Kier molecular flexibility index (Phi) is 4.59. The number of hydrogen-bond donors (Lipinski definition) is 2. The molecule has 0 amide bonds. The van der Waals surface area contributed by atoms with Gasteiger partial charge in [0, 0.05) is 5.69 Å². The van der Waals surface area contributed by atoms with Crippen LogP contribution < -0.4 is 11.1 Å². The molecule has 0 spiro atoms. The quantitative estimate of drug-likeness (QED) is 0.516. The lowest BCUT2D eigenvalue weighted by Crippen LogP contribution is -2.07. The molecule has 0 saturated heterocycles. The maximum atomic E-state index is 11.8. The Labute approximate surface area is 161 Å². The second kappa shape index (κ2) is 7.36. The van der Waals surface area contributed by atoms with E-state index < -0.39 is 0 Å². The van der Waals surface area contributed by atoms with Gasteiger partial charge in [0.1, 0.15) is 18.3 Å². The third-order valence-corrected chi connectivity index (χ3v) is 4.20. The SMILES string of the molecule is CCOC(=O)c1ccc(Nc2ncnc(-n3cnc4ccccc43)c2N)cc1. The summed E-state index contributed by atoms with van der Waals surface area (Å²) in [6.07, 6.45) is 3.12. The van der Waals surface area contributed by atoms with Crippen molar-refractivity contribution in [3.05, 3.63) is 66.7 Å². The number of carbonyl (C=O) groups excluding carboxylic acids is 1. The number of nitrogens with two attached hydrogens (primary N) is 1. The van der Waals surface area contributed by atoms with Crippen molar-refractivity contribution in [2.24, 2.45) is 0 Å². The first-order valence-electron chi connectivity index (χ1n) is 8.74. The van der Waals surface area contributed by atoms with Gasteiger partial charge in [-0.25, -0.2) is 19.7 Å². The first kappa shape index (κ1) is 17.5. The molecule has 0 bridgehead atoms. The zero-order valence-electron chi connectivity index (χ0n) is 15.2. The van der Waals surface area contributed by atoms with Gasteiger partial charge in [0.25, 0.3) is 0 Å². The lowest BCUT2D eigenvalue weighted by atomic mass is 10.2. The van der Waals surface area contributed by atoms with Crippen LogP contribution in [0.5, 0.6) is 0 Å². The topological polar surface area (TPSA) is 108 Å². The molecule has 0 aliphatic carbocycles. The van der Waals surface area contributed by atoms with Crippen molar-refractivity contribution in [3.63, 3.8) is 0 Å². The number of rotatable bonds is 5. The number of ether oxygens (including phenoxy) is 1. The van der Waals surface area contributed by atoms with E-state index in [-0.39, 0.29) is 5.97 Å². The van der Waals surface area contributed by atoms with Crippen molar-refractivity contribution in [2.75, 3.05) is 17.7 Å². The van der Waals surface area contributed by atoms with Crippen LogP contribution >= 0.6 is 0 Å². The summed E-state index contributed by atoms with van der Waals surface area (Å²) in [5.41, 5.74) is 9.68. The highest BCUT2D eigenvalue weighted by molar-refractivity contribution is 5.90. The van der Waals surface area contributed by atoms with Crippen molar-refractivity contribution in [1.29, 1.82) is 0 Å². The molecule has 2 aromatic carbocycles. The molecule has 0 saturated carbocycles. The molecule has 8 heteroatoms. The summed E-state index contributed by atoms with van der Waals surface area (Å²) in [6, 6.07) is 14.6. The number of aromatic nitrogens is 4. The number of esters is 1. The Morgan fingerprint density at radius 2 is 1.89 bits per heavy atom. The molecule has 4 aromatic rings. The number of nitrogens with one attached hydrogen (secondary N) is 1. The highest BCUT2D eigenvalue weighted by Gasteiger charge is 2.13. The standard InChI is InChI=1S/C20H18N6O2/c1-2-28-20(27)13-7-9-14(10-8-13)25-18-17(21)19(23-11-22-18)26-12-24-15-5-3-4-6-16(15)26/h3-12H,2,21H2,1H3,(H,22,23,25). The summed E-state index contributed by atoms with van der Waals surface area (Å²) in [4.78, 5) is 24.7. The monoisotopic (exact) mass is 374 g/mol. The third-order valence-electron chi connectivity index (χ3n) is 4.20. The lowest BCUT2D eigenvalue weighted by molar-refractivity contribution is 0.0526. The average Bonchev–Trinajstić information content (AvgIpc) is 3.14. The minimum Gasteiger partial charge on any atom is -0.462 e. The molecule has 0 unspecified atom stereocenters. The van der Waals surface area contributed by atoms with Gasteiger partial charge in [0.2, 0.25) is 0 Å². The van der Waals surface area contributed by atoms with E-state index in [9.17, 15) is 4.79 Å². The summed E-state index contributed by atoms with van der Waals surface area (Å²) in [6.45, 7) is 2.11. The molecule has 2 heterocycles. The van der Waals surface area contributed by atoms with E-state index in [1.54, 1.807) is 37.5 Å². The molecule has 0 aliphatic heterocycles. The van der Waals surface area contributed by atoms with E-state index in [1.807, 2.05) is 28.8 Å². The van der Waals surface area contributed by atoms with Gasteiger partial charge in [-0.3, -0.25) is 4.57 Å². The van der Waals surface area contributed by atoms with Crippen LogP contribution in [-0.2, 0) is 4.74 Å². The zero-order valence-corrected chi connectivity index (χ0v) is 15.2. The molecule has 4 rings (SSSR count). The Balaban J connectivity index is 1.63. The summed E-state index contributed by atoms with van der Waals surface area (Å²) in [5, 5.41) is 3.16. The summed E-state index contributed by atoms with van der Waals surface area (Å²) >= 11 is 0. The van der Waals surface area contributed by atoms with Crippen molar-refractivity contribution in [2.45, 2.75) is 6.92 Å². The predicted molar refractivity (Wildman–Crippen MR) is 107 cm³/mol. The van der Waals surface area contributed by atoms with Crippen LogP contribution in [0, 0.1) is 0 Å². The van der Waals surface area contributed by atoms with Crippen molar-refractivity contribution < 1.29 is 9.53 Å². The van der Waals surface area contributed by atoms with Gasteiger partial charge in [0.15, 0.2) is 11.6 Å². The number of carbonyl (C=O) groups is 1. The predicted octanol–water partition coefficient (Wildman–Crippen LogP) is 3.32. The fourth-order valence-corrected chi connectivity index (χ4v) is 2.85. The molecule has 28 heavy (non-hydrogen) atoms. The van der Waals surface area contributed by atoms with Gasteiger partial charge >= 0.3 is 5.97 Å². The van der Waals surface area contributed by atoms with Crippen molar-refractivity contribution in [3.8, 4) is 5.82 Å². The highest BCUT2D eigenvalue weighted by atomic mass is 16.5. The van der Waals surface area contributed by atoms with E-state index in [4.69, 9.17) is 10.5 Å². The maximum Gasteiger partial charge on any atom is 0.338 e. The fourth-order valence-electron chi connectivity index (χ4n) is 2.85. The zero-order chi connectivity index (χ0) is 19.5. The Hall–Kier alpha value is -3.94. The van der Waals surface area contributed by atoms with Crippen LogP contribution in [0.1, 0.15) is 17.3 Å². The Bertz CT molecular complexity index is 1140. The highest BCUT2D eigenvalue weighted by Crippen LogP contribution is 2.27. The molecule has 3 N–H and O–H groups in total. The average molecular weight is 374 g/mol. The van der Waals surface area contributed by atoms with Gasteiger partial charge in [-0.05, 0) is 43.3 Å².